The lowest BCUT2D eigenvalue weighted by Gasteiger charge is -2.12. The zero-order valence-electron chi connectivity index (χ0n) is 15.3. The van der Waals surface area contributed by atoms with Crippen LogP contribution in [0, 0.1) is 20.8 Å². The van der Waals surface area contributed by atoms with Crippen molar-refractivity contribution in [3.63, 3.8) is 0 Å². The van der Waals surface area contributed by atoms with Gasteiger partial charge in [-0.2, -0.15) is 10.2 Å². The van der Waals surface area contributed by atoms with Crippen molar-refractivity contribution < 1.29 is 9.90 Å². The molecule has 5 nitrogen and oxygen atoms in total. The number of aromatic nitrogens is 1. The first-order chi connectivity index (χ1) is 12.4. The van der Waals surface area contributed by atoms with Crippen molar-refractivity contribution >= 4 is 11.7 Å². The van der Waals surface area contributed by atoms with E-state index in [-0.39, 0.29) is 5.56 Å². The summed E-state index contributed by atoms with van der Waals surface area (Å²) in [6.07, 6.45) is 0. The minimum Gasteiger partial charge on any atom is -0.478 e. The van der Waals surface area contributed by atoms with E-state index in [1.165, 1.54) is 18.4 Å². The lowest BCUT2D eigenvalue weighted by Crippen LogP contribution is -2.00. The van der Waals surface area contributed by atoms with Crippen LogP contribution in [0.5, 0.6) is 0 Å². The van der Waals surface area contributed by atoms with Gasteiger partial charge in [-0.3, -0.25) is 0 Å². The van der Waals surface area contributed by atoms with Gasteiger partial charge in [0.25, 0.3) is 0 Å². The van der Waals surface area contributed by atoms with Crippen LogP contribution >= 0.6 is 0 Å². The van der Waals surface area contributed by atoms with Gasteiger partial charge in [0.15, 0.2) is 0 Å². The van der Waals surface area contributed by atoms with Crippen LogP contribution in [0.25, 0.3) is 16.8 Å². The maximum atomic E-state index is 11.6. The number of azo groups is 1. The summed E-state index contributed by atoms with van der Waals surface area (Å²) in [5.74, 6) is -1.01. The highest BCUT2D eigenvalue weighted by Crippen LogP contribution is 2.32. The number of hydrogen-bond acceptors (Lipinski definition) is 3. The molecule has 0 radical (unpaired) electrons. The number of hydrogen-bond donors (Lipinski definition) is 1. The molecule has 0 aliphatic rings. The summed E-state index contributed by atoms with van der Waals surface area (Å²) < 4.78 is 2.18. The topological polar surface area (TPSA) is 67.0 Å². The Balaban J connectivity index is 2.06. The van der Waals surface area contributed by atoms with E-state index in [0.29, 0.717) is 5.69 Å². The first-order valence-corrected chi connectivity index (χ1v) is 8.36. The van der Waals surface area contributed by atoms with E-state index in [1.807, 2.05) is 37.3 Å². The molecular weight excluding hydrogens is 326 g/mol. The molecule has 1 N–H and O–H groups in total. The summed E-state index contributed by atoms with van der Waals surface area (Å²) >= 11 is 0. The molecule has 1 aromatic heterocycles. The summed E-state index contributed by atoms with van der Waals surface area (Å²) in [7, 11) is 1.53. The molecule has 0 aliphatic heterocycles. The third kappa shape index (κ3) is 3.16. The predicted molar refractivity (Wildman–Crippen MR) is 103 cm³/mol. The molecule has 0 fully saturated rings. The summed E-state index contributed by atoms with van der Waals surface area (Å²) in [5, 5.41) is 17.2. The maximum absolute atomic E-state index is 11.6. The van der Waals surface area contributed by atoms with E-state index in [4.69, 9.17) is 0 Å². The molecule has 0 aliphatic carbocycles. The van der Waals surface area contributed by atoms with E-state index in [9.17, 15) is 9.90 Å². The fourth-order valence-corrected chi connectivity index (χ4v) is 3.22. The quantitative estimate of drug-likeness (QED) is 0.635. The van der Waals surface area contributed by atoms with Crippen LogP contribution < -0.4 is 0 Å². The van der Waals surface area contributed by atoms with Crippen LogP contribution in [0.4, 0.5) is 5.69 Å². The first kappa shape index (κ1) is 17.6. The van der Waals surface area contributed by atoms with Crippen LogP contribution in [0.2, 0.25) is 0 Å². The lowest BCUT2D eigenvalue weighted by molar-refractivity contribution is 0.0697. The lowest BCUT2D eigenvalue weighted by atomic mass is 9.98. The molecule has 1 heterocycles. The minimum atomic E-state index is -1.01. The van der Waals surface area contributed by atoms with Gasteiger partial charge in [0.05, 0.1) is 5.56 Å². The average Bonchev–Trinajstić information content (AvgIpc) is 2.95. The molecule has 5 heteroatoms. The van der Waals surface area contributed by atoms with E-state index in [1.54, 1.807) is 6.07 Å². The van der Waals surface area contributed by atoms with Crippen molar-refractivity contribution in [3.8, 4) is 16.8 Å². The number of benzene rings is 2. The van der Waals surface area contributed by atoms with Crippen molar-refractivity contribution in [1.82, 2.24) is 4.57 Å². The highest BCUT2D eigenvalue weighted by atomic mass is 16.4. The van der Waals surface area contributed by atoms with Crippen molar-refractivity contribution in [2.75, 3.05) is 7.05 Å². The number of nitrogens with zero attached hydrogens (tertiary/aromatic N) is 3. The summed E-state index contributed by atoms with van der Waals surface area (Å²) in [6, 6.07) is 15.9. The number of carbonyl (C=O) groups is 1. The van der Waals surface area contributed by atoms with Crippen LogP contribution in [0.15, 0.2) is 58.8 Å². The first-order valence-electron chi connectivity index (χ1n) is 8.36. The number of carboxylic acid groups (broad SMARTS) is 1. The molecule has 0 amide bonds. The molecule has 0 unspecified atom stereocenters. The molecule has 3 aromatic rings. The standard InChI is InChI=1S/C21H21N3O2/c1-13-11-17(12-19(21(25)26)20(13)23-22-4)16-7-9-18(10-8-16)24-14(2)5-6-15(24)3/h5-12H,1-4H3,(H,25,26). The third-order valence-corrected chi connectivity index (χ3v) is 4.46. The molecule has 0 bridgehead atoms. The Kier molecular flexibility index (Phi) is 4.71. The van der Waals surface area contributed by atoms with Crippen LogP contribution in [0.3, 0.4) is 0 Å². The molecule has 2 aromatic carbocycles. The van der Waals surface area contributed by atoms with Crippen molar-refractivity contribution in [2.24, 2.45) is 10.2 Å². The van der Waals surface area contributed by atoms with Gasteiger partial charge in [0.1, 0.15) is 5.69 Å². The molecule has 26 heavy (non-hydrogen) atoms. The van der Waals surface area contributed by atoms with Gasteiger partial charge in [0, 0.05) is 24.1 Å². The molecular formula is C21H21N3O2. The summed E-state index contributed by atoms with van der Waals surface area (Å²) in [4.78, 5) is 11.6. The van der Waals surface area contributed by atoms with Gasteiger partial charge in [-0.15, -0.1) is 0 Å². The number of rotatable bonds is 4. The molecule has 3 rings (SSSR count). The Morgan fingerprint density at radius 2 is 1.54 bits per heavy atom. The van der Waals surface area contributed by atoms with Crippen LogP contribution in [-0.4, -0.2) is 22.7 Å². The Labute approximate surface area is 152 Å². The number of aromatic carboxylic acids is 1. The minimum absolute atomic E-state index is 0.159. The van der Waals surface area contributed by atoms with E-state index >= 15 is 0 Å². The molecule has 0 saturated heterocycles. The molecule has 0 atom stereocenters. The normalized spacial score (nSPS) is 11.2. The van der Waals surface area contributed by atoms with Gasteiger partial charge in [0.2, 0.25) is 0 Å². The Bertz CT molecular complexity index is 979. The SMILES string of the molecule is CN=Nc1c(C)cc(-c2ccc(-n3c(C)ccc3C)cc2)cc1C(=O)O. The Hall–Kier alpha value is -3.21. The Morgan fingerprint density at radius 1 is 0.923 bits per heavy atom. The fourth-order valence-electron chi connectivity index (χ4n) is 3.22. The van der Waals surface area contributed by atoms with Gasteiger partial charge in [-0.1, -0.05) is 12.1 Å². The molecule has 0 spiro atoms. The van der Waals surface area contributed by atoms with E-state index < -0.39 is 5.97 Å². The smallest absolute Gasteiger partial charge is 0.337 e. The highest BCUT2D eigenvalue weighted by Gasteiger charge is 2.15. The van der Waals surface area contributed by atoms with E-state index in [0.717, 1.165) is 22.4 Å². The van der Waals surface area contributed by atoms with Crippen LogP contribution in [-0.2, 0) is 0 Å². The van der Waals surface area contributed by atoms with Gasteiger partial charge < -0.3 is 9.67 Å². The summed E-state index contributed by atoms with van der Waals surface area (Å²) in [6.45, 7) is 6.00. The van der Waals surface area contributed by atoms with Gasteiger partial charge in [-0.25, -0.2) is 4.79 Å². The second kappa shape index (κ2) is 6.96. The monoisotopic (exact) mass is 347 g/mol. The summed E-state index contributed by atoms with van der Waals surface area (Å²) in [5.41, 5.74) is 6.59. The predicted octanol–water partition coefficient (Wildman–Crippen LogP) is 5.48. The largest absolute Gasteiger partial charge is 0.478 e. The third-order valence-electron chi connectivity index (χ3n) is 4.46. The van der Waals surface area contributed by atoms with Gasteiger partial charge in [-0.05, 0) is 73.9 Å². The highest BCUT2D eigenvalue weighted by molar-refractivity contribution is 5.96. The van der Waals surface area contributed by atoms with Crippen molar-refractivity contribution in [1.29, 1.82) is 0 Å². The second-order valence-corrected chi connectivity index (χ2v) is 6.29. The second-order valence-electron chi connectivity index (χ2n) is 6.29. The fraction of sp³-hybridized carbons (Fsp3) is 0.190. The average molecular weight is 347 g/mol. The molecule has 132 valence electrons. The maximum Gasteiger partial charge on any atom is 0.337 e. The van der Waals surface area contributed by atoms with Crippen molar-refractivity contribution in [3.05, 3.63) is 71.0 Å². The number of carboxylic acids is 1. The molecule has 0 saturated carbocycles. The zero-order chi connectivity index (χ0) is 18.8. The van der Waals surface area contributed by atoms with Crippen molar-refractivity contribution in [2.45, 2.75) is 20.8 Å². The van der Waals surface area contributed by atoms with Gasteiger partial charge >= 0.3 is 5.97 Å². The number of aryl methyl sites for hydroxylation is 3. The zero-order valence-corrected chi connectivity index (χ0v) is 15.3. The Morgan fingerprint density at radius 3 is 2.08 bits per heavy atom. The van der Waals surface area contributed by atoms with E-state index in [2.05, 4.69) is 40.8 Å². The van der Waals surface area contributed by atoms with Crippen LogP contribution in [0.1, 0.15) is 27.3 Å².